The first-order valence-corrected chi connectivity index (χ1v) is 6.72. The van der Waals surface area contributed by atoms with Crippen LogP contribution in [0.1, 0.15) is 36.3 Å². The van der Waals surface area contributed by atoms with E-state index < -0.39 is 6.04 Å². The van der Waals surface area contributed by atoms with Crippen LogP contribution in [0.5, 0.6) is 0 Å². The van der Waals surface area contributed by atoms with Crippen molar-refractivity contribution in [2.45, 2.75) is 31.8 Å². The van der Waals surface area contributed by atoms with Crippen LogP contribution in [-0.2, 0) is 4.79 Å². The van der Waals surface area contributed by atoms with E-state index in [9.17, 15) is 9.59 Å². The average molecular weight is 314 g/mol. The normalized spacial score (nSPS) is 16.2. The van der Waals surface area contributed by atoms with E-state index in [4.69, 9.17) is 0 Å². The molecule has 0 bridgehead atoms. The summed E-state index contributed by atoms with van der Waals surface area (Å²) in [6.07, 6.45) is 4.12. The molecule has 2 amide bonds. The Kier molecular flexibility index (Phi) is 3.75. The zero-order valence-corrected chi connectivity index (χ0v) is 12.0. The molecule has 2 rings (SSSR count). The molecule has 6 heteroatoms. The number of carbonyl (C=O) groups excluding carboxylic acids is 2. The fourth-order valence-corrected chi connectivity index (χ4v) is 2.27. The van der Waals surface area contributed by atoms with Gasteiger partial charge in [0.15, 0.2) is 0 Å². The van der Waals surface area contributed by atoms with E-state index in [0.717, 1.165) is 17.3 Å². The summed E-state index contributed by atoms with van der Waals surface area (Å²) >= 11 is 3.38. The highest BCUT2D eigenvalue weighted by atomic mass is 79.9. The van der Waals surface area contributed by atoms with Crippen LogP contribution in [-0.4, -0.2) is 29.5 Å². The Hall–Kier alpha value is -1.30. The van der Waals surface area contributed by atoms with Crippen LogP contribution in [0.15, 0.2) is 16.7 Å². The summed E-state index contributed by atoms with van der Waals surface area (Å²) in [4.78, 5) is 23.5. The minimum Gasteiger partial charge on any atom is -0.357 e. The van der Waals surface area contributed by atoms with Crippen LogP contribution < -0.4 is 10.6 Å². The smallest absolute Gasteiger partial charge is 0.268 e. The Labute approximate surface area is 114 Å². The van der Waals surface area contributed by atoms with Gasteiger partial charge in [-0.2, -0.15) is 0 Å². The van der Waals surface area contributed by atoms with Gasteiger partial charge in [-0.25, -0.2) is 0 Å². The lowest BCUT2D eigenvalue weighted by Crippen LogP contribution is -2.44. The molecule has 1 saturated carbocycles. The van der Waals surface area contributed by atoms with Crippen molar-refractivity contribution in [3.05, 3.63) is 22.4 Å². The number of nitrogens with one attached hydrogen (secondary N) is 2. The fourth-order valence-electron chi connectivity index (χ4n) is 1.84. The molecule has 1 unspecified atom stereocenters. The Morgan fingerprint density at radius 2 is 2.17 bits per heavy atom. The quantitative estimate of drug-likeness (QED) is 0.883. The Bertz CT molecular complexity index is 480. The first-order chi connectivity index (χ1) is 8.52. The number of rotatable bonds is 4. The highest BCUT2D eigenvalue weighted by Gasteiger charge is 2.28. The molecule has 2 N–H and O–H groups in total. The summed E-state index contributed by atoms with van der Waals surface area (Å²) in [6.45, 7) is 1.66. The SMILES string of the molecule is CNC(=O)C(C)NC(=O)c1cc(Br)cn1C1CC1. The van der Waals surface area contributed by atoms with Crippen molar-refractivity contribution in [2.75, 3.05) is 7.05 Å². The summed E-state index contributed by atoms with van der Waals surface area (Å²) in [5, 5.41) is 5.20. The fraction of sp³-hybridized carbons (Fsp3) is 0.500. The van der Waals surface area contributed by atoms with Crippen molar-refractivity contribution in [3.63, 3.8) is 0 Å². The summed E-state index contributed by atoms with van der Waals surface area (Å²) < 4.78 is 2.85. The minimum absolute atomic E-state index is 0.202. The second kappa shape index (κ2) is 5.14. The van der Waals surface area contributed by atoms with Gasteiger partial charge in [0.25, 0.3) is 5.91 Å². The molecule has 0 aliphatic heterocycles. The van der Waals surface area contributed by atoms with Crippen molar-refractivity contribution in [2.24, 2.45) is 0 Å². The maximum atomic E-state index is 12.1. The lowest BCUT2D eigenvalue weighted by atomic mass is 10.3. The number of amides is 2. The van der Waals surface area contributed by atoms with Crippen LogP contribution >= 0.6 is 15.9 Å². The molecular weight excluding hydrogens is 298 g/mol. The summed E-state index contributed by atoms with van der Waals surface area (Å²) in [6, 6.07) is 1.67. The summed E-state index contributed by atoms with van der Waals surface area (Å²) in [5.41, 5.74) is 0.597. The number of hydrogen-bond donors (Lipinski definition) is 2. The van der Waals surface area contributed by atoms with Crippen LogP contribution in [0.4, 0.5) is 0 Å². The molecule has 0 saturated heterocycles. The van der Waals surface area contributed by atoms with Gasteiger partial charge in [-0.3, -0.25) is 9.59 Å². The second-order valence-electron chi connectivity index (χ2n) is 4.49. The topological polar surface area (TPSA) is 63.1 Å². The predicted molar refractivity (Wildman–Crippen MR) is 71.4 cm³/mol. The molecule has 5 nitrogen and oxygen atoms in total. The average Bonchev–Trinajstić information content (AvgIpc) is 3.11. The first kappa shape index (κ1) is 13.1. The maximum Gasteiger partial charge on any atom is 0.268 e. The van der Waals surface area contributed by atoms with Crippen molar-refractivity contribution >= 4 is 27.7 Å². The van der Waals surface area contributed by atoms with E-state index in [1.807, 2.05) is 10.8 Å². The van der Waals surface area contributed by atoms with Gasteiger partial charge in [0, 0.05) is 23.8 Å². The Balaban J connectivity index is 2.11. The number of likely N-dealkylation sites (N-methyl/N-ethyl adjacent to an activating group) is 1. The number of aromatic nitrogens is 1. The third-order valence-corrected chi connectivity index (χ3v) is 3.41. The van der Waals surface area contributed by atoms with E-state index in [-0.39, 0.29) is 11.8 Å². The molecule has 1 heterocycles. The minimum atomic E-state index is -0.538. The largest absolute Gasteiger partial charge is 0.357 e. The lowest BCUT2D eigenvalue weighted by Gasteiger charge is -2.13. The highest BCUT2D eigenvalue weighted by molar-refractivity contribution is 9.10. The molecule has 0 radical (unpaired) electrons. The van der Waals surface area contributed by atoms with Gasteiger partial charge < -0.3 is 15.2 Å². The molecule has 1 aromatic rings. The Morgan fingerprint density at radius 3 is 2.72 bits per heavy atom. The lowest BCUT2D eigenvalue weighted by molar-refractivity contribution is -0.122. The Morgan fingerprint density at radius 1 is 1.50 bits per heavy atom. The van der Waals surface area contributed by atoms with Gasteiger partial charge in [0.2, 0.25) is 5.91 Å². The number of halogens is 1. The first-order valence-electron chi connectivity index (χ1n) is 5.92. The van der Waals surface area contributed by atoms with Crippen LogP contribution in [0.25, 0.3) is 0 Å². The molecule has 0 aromatic carbocycles. The van der Waals surface area contributed by atoms with Gasteiger partial charge in [0.05, 0.1) is 0 Å². The molecule has 18 heavy (non-hydrogen) atoms. The molecule has 1 atom stereocenters. The van der Waals surface area contributed by atoms with Crippen molar-refractivity contribution < 1.29 is 9.59 Å². The number of nitrogens with zero attached hydrogens (tertiary/aromatic N) is 1. The van der Waals surface area contributed by atoms with Crippen LogP contribution in [0.3, 0.4) is 0 Å². The van der Waals surface area contributed by atoms with Gasteiger partial charge >= 0.3 is 0 Å². The summed E-state index contributed by atoms with van der Waals surface area (Å²) in [5.74, 6) is -0.421. The monoisotopic (exact) mass is 313 g/mol. The van der Waals surface area contributed by atoms with E-state index >= 15 is 0 Å². The van der Waals surface area contributed by atoms with Crippen LogP contribution in [0, 0.1) is 0 Å². The van der Waals surface area contributed by atoms with Gasteiger partial charge in [0.1, 0.15) is 11.7 Å². The van der Waals surface area contributed by atoms with Gasteiger partial charge in [-0.15, -0.1) is 0 Å². The molecule has 98 valence electrons. The predicted octanol–water partition coefficient (Wildman–Crippen LogP) is 1.45. The molecule has 1 fully saturated rings. The highest BCUT2D eigenvalue weighted by Crippen LogP contribution is 2.37. The molecule has 1 aliphatic carbocycles. The molecular formula is C12H16BrN3O2. The summed E-state index contributed by atoms with van der Waals surface area (Å²) in [7, 11) is 1.55. The number of carbonyl (C=O) groups is 2. The van der Waals surface area contributed by atoms with Gasteiger partial charge in [-0.1, -0.05) is 0 Å². The molecule has 0 spiro atoms. The van der Waals surface area contributed by atoms with E-state index in [0.29, 0.717) is 11.7 Å². The van der Waals surface area contributed by atoms with Crippen molar-refractivity contribution in [1.82, 2.24) is 15.2 Å². The van der Waals surface area contributed by atoms with Crippen molar-refractivity contribution in [1.29, 1.82) is 0 Å². The molecule has 1 aromatic heterocycles. The van der Waals surface area contributed by atoms with E-state index in [2.05, 4.69) is 26.6 Å². The molecule has 1 aliphatic rings. The van der Waals surface area contributed by atoms with Crippen LogP contribution in [0.2, 0.25) is 0 Å². The van der Waals surface area contributed by atoms with E-state index in [1.165, 1.54) is 0 Å². The third kappa shape index (κ3) is 2.75. The second-order valence-corrected chi connectivity index (χ2v) is 5.41. The zero-order chi connectivity index (χ0) is 13.3. The van der Waals surface area contributed by atoms with E-state index in [1.54, 1.807) is 20.0 Å². The third-order valence-electron chi connectivity index (χ3n) is 2.98. The maximum absolute atomic E-state index is 12.1. The van der Waals surface area contributed by atoms with Gasteiger partial charge in [-0.05, 0) is 41.8 Å². The number of hydrogen-bond acceptors (Lipinski definition) is 2. The standard InChI is InChI=1S/C12H16BrN3O2/c1-7(11(17)14-2)15-12(18)10-5-8(13)6-16(10)9-3-4-9/h5-7,9H,3-4H2,1-2H3,(H,14,17)(H,15,18). The van der Waals surface area contributed by atoms with Crippen molar-refractivity contribution in [3.8, 4) is 0 Å². The zero-order valence-electron chi connectivity index (χ0n) is 10.4.